The van der Waals surface area contributed by atoms with Gasteiger partial charge in [0.1, 0.15) is 0 Å². The van der Waals surface area contributed by atoms with Gasteiger partial charge >= 0.3 is 5.97 Å². The van der Waals surface area contributed by atoms with E-state index in [9.17, 15) is 4.79 Å². The van der Waals surface area contributed by atoms with Crippen LogP contribution in [0.25, 0.3) is 10.9 Å². The zero-order chi connectivity index (χ0) is 17.6. The molecule has 2 aromatic carbocycles. The van der Waals surface area contributed by atoms with Crippen LogP contribution >= 0.6 is 0 Å². The molecule has 3 heterocycles. The van der Waals surface area contributed by atoms with E-state index in [2.05, 4.69) is 29.2 Å². The first-order chi connectivity index (χ1) is 12.7. The molecule has 4 nitrogen and oxygen atoms in total. The fraction of sp³-hybridized carbons (Fsp3) is 0.273. The molecule has 0 aliphatic carbocycles. The normalized spacial score (nSPS) is 18.8. The van der Waals surface area contributed by atoms with Crippen molar-refractivity contribution in [2.75, 3.05) is 13.1 Å². The first kappa shape index (κ1) is 15.5. The Morgan fingerprint density at radius 1 is 1.00 bits per heavy atom. The second kappa shape index (κ2) is 5.92. The van der Waals surface area contributed by atoms with Crippen molar-refractivity contribution >= 4 is 16.9 Å². The van der Waals surface area contributed by atoms with Crippen molar-refractivity contribution in [1.82, 2.24) is 9.88 Å². The summed E-state index contributed by atoms with van der Waals surface area (Å²) in [7, 11) is 0. The van der Waals surface area contributed by atoms with Crippen LogP contribution in [0.4, 0.5) is 0 Å². The average Bonchev–Trinajstić information content (AvgIpc) is 2.94. The summed E-state index contributed by atoms with van der Waals surface area (Å²) in [5, 5.41) is 0.988. The van der Waals surface area contributed by atoms with Crippen LogP contribution in [0.5, 0.6) is 0 Å². The second-order valence-electron chi connectivity index (χ2n) is 7.22. The number of hydrogen-bond donors (Lipinski definition) is 0. The highest BCUT2D eigenvalue weighted by Crippen LogP contribution is 2.44. The van der Waals surface area contributed by atoms with Crippen LogP contribution in [0.15, 0.2) is 60.7 Å². The first-order valence-corrected chi connectivity index (χ1v) is 9.13. The van der Waals surface area contributed by atoms with Gasteiger partial charge in [0.15, 0.2) is 5.60 Å². The van der Waals surface area contributed by atoms with E-state index in [0.29, 0.717) is 5.56 Å². The maximum Gasteiger partial charge on any atom is 0.341 e. The standard InChI is InChI=1S/C22H20N2O2/c25-21-18-14-17-8-4-5-9-19(17)23-20(18)22(26-21)10-12-24(13-11-22)15-16-6-2-1-3-7-16/h1-9,14H,10-13,15H2. The van der Waals surface area contributed by atoms with E-state index in [-0.39, 0.29) is 5.97 Å². The van der Waals surface area contributed by atoms with Crippen LogP contribution < -0.4 is 0 Å². The van der Waals surface area contributed by atoms with Crippen molar-refractivity contribution in [3.63, 3.8) is 0 Å². The summed E-state index contributed by atoms with van der Waals surface area (Å²) < 4.78 is 5.90. The van der Waals surface area contributed by atoms with Crippen molar-refractivity contribution in [3.8, 4) is 0 Å². The highest BCUT2D eigenvalue weighted by molar-refractivity contribution is 5.98. The minimum Gasteiger partial charge on any atom is -0.449 e. The number of carbonyl (C=O) groups is 1. The molecular formula is C22H20N2O2. The fourth-order valence-corrected chi connectivity index (χ4v) is 4.15. The van der Waals surface area contributed by atoms with Gasteiger partial charge in [-0.2, -0.15) is 0 Å². The van der Waals surface area contributed by atoms with Gasteiger partial charge in [0.05, 0.1) is 16.8 Å². The van der Waals surface area contributed by atoms with Crippen LogP contribution in [0.3, 0.4) is 0 Å². The zero-order valence-electron chi connectivity index (χ0n) is 14.5. The third kappa shape index (κ3) is 2.49. The molecule has 3 aromatic rings. The summed E-state index contributed by atoms with van der Waals surface area (Å²) in [6.45, 7) is 2.73. The Bertz CT molecular complexity index is 976. The predicted octanol–water partition coefficient (Wildman–Crippen LogP) is 3.90. The largest absolute Gasteiger partial charge is 0.449 e. The Hall–Kier alpha value is -2.72. The molecule has 1 aromatic heterocycles. The SMILES string of the molecule is O=C1OC2(CCN(Cc3ccccc3)CC2)c2nc3ccccc3cc21. The Kier molecular flexibility index (Phi) is 3.54. The number of hydrogen-bond acceptors (Lipinski definition) is 4. The number of para-hydroxylation sites is 1. The zero-order valence-corrected chi connectivity index (χ0v) is 14.5. The van der Waals surface area contributed by atoms with Crippen LogP contribution in [-0.4, -0.2) is 28.9 Å². The Balaban J connectivity index is 1.42. The number of nitrogens with zero attached hydrogens (tertiary/aromatic N) is 2. The summed E-state index contributed by atoms with van der Waals surface area (Å²) in [6.07, 6.45) is 1.59. The number of fused-ring (bicyclic) bond motifs is 3. The number of likely N-dealkylation sites (tertiary alicyclic amines) is 1. The molecule has 1 fully saturated rings. The van der Waals surface area contributed by atoms with Crippen molar-refractivity contribution < 1.29 is 9.53 Å². The minimum atomic E-state index is -0.552. The Labute approximate surface area is 152 Å². The number of ether oxygens (including phenoxy) is 1. The van der Waals surface area contributed by atoms with E-state index in [1.807, 2.05) is 36.4 Å². The molecule has 0 atom stereocenters. The lowest BCUT2D eigenvalue weighted by Gasteiger charge is -2.38. The van der Waals surface area contributed by atoms with Gasteiger partial charge in [0.25, 0.3) is 0 Å². The van der Waals surface area contributed by atoms with Crippen LogP contribution in [-0.2, 0) is 16.9 Å². The van der Waals surface area contributed by atoms with Crippen LogP contribution in [0.2, 0.25) is 0 Å². The number of esters is 1. The third-order valence-corrected chi connectivity index (χ3v) is 5.58. The number of aromatic nitrogens is 1. The maximum absolute atomic E-state index is 12.5. The monoisotopic (exact) mass is 344 g/mol. The average molecular weight is 344 g/mol. The Morgan fingerprint density at radius 3 is 2.54 bits per heavy atom. The molecule has 4 heteroatoms. The molecule has 2 aliphatic heterocycles. The molecule has 5 rings (SSSR count). The van der Waals surface area contributed by atoms with Gasteiger partial charge in [-0.25, -0.2) is 9.78 Å². The van der Waals surface area contributed by atoms with E-state index in [0.717, 1.165) is 49.1 Å². The van der Waals surface area contributed by atoms with Crippen molar-refractivity contribution in [1.29, 1.82) is 0 Å². The van der Waals surface area contributed by atoms with Gasteiger partial charge < -0.3 is 4.74 Å². The summed E-state index contributed by atoms with van der Waals surface area (Å²) in [5.41, 5.74) is 3.16. The summed E-state index contributed by atoms with van der Waals surface area (Å²) in [5.74, 6) is -0.227. The first-order valence-electron chi connectivity index (χ1n) is 9.13. The lowest BCUT2D eigenvalue weighted by molar-refractivity contribution is -0.0459. The molecular weight excluding hydrogens is 324 g/mol. The van der Waals surface area contributed by atoms with Crippen molar-refractivity contribution in [3.05, 3.63) is 77.5 Å². The molecule has 0 bridgehead atoms. The highest BCUT2D eigenvalue weighted by atomic mass is 16.6. The molecule has 0 radical (unpaired) electrons. The molecule has 2 aliphatic rings. The number of rotatable bonds is 2. The van der Waals surface area contributed by atoms with Gasteiger partial charge in [-0.1, -0.05) is 48.5 Å². The number of carbonyl (C=O) groups excluding carboxylic acids is 1. The van der Waals surface area contributed by atoms with E-state index in [4.69, 9.17) is 9.72 Å². The van der Waals surface area contributed by atoms with E-state index in [1.54, 1.807) is 0 Å². The molecule has 1 spiro atoms. The fourth-order valence-electron chi connectivity index (χ4n) is 4.15. The lowest BCUT2D eigenvalue weighted by Crippen LogP contribution is -2.42. The van der Waals surface area contributed by atoms with Crippen LogP contribution in [0.1, 0.15) is 34.5 Å². The van der Waals surface area contributed by atoms with Crippen molar-refractivity contribution in [2.24, 2.45) is 0 Å². The minimum absolute atomic E-state index is 0.227. The van der Waals surface area contributed by atoms with Gasteiger partial charge in [-0.15, -0.1) is 0 Å². The second-order valence-corrected chi connectivity index (χ2v) is 7.22. The molecule has 0 saturated carbocycles. The molecule has 26 heavy (non-hydrogen) atoms. The van der Waals surface area contributed by atoms with Crippen molar-refractivity contribution in [2.45, 2.75) is 25.0 Å². The molecule has 130 valence electrons. The number of pyridine rings is 1. The van der Waals surface area contributed by atoms with Gasteiger partial charge in [-0.3, -0.25) is 4.90 Å². The van der Waals surface area contributed by atoms with E-state index < -0.39 is 5.60 Å². The Morgan fingerprint density at radius 2 is 1.73 bits per heavy atom. The summed E-state index contributed by atoms with van der Waals surface area (Å²) >= 11 is 0. The number of piperidine rings is 1. The quantitative estimate of drug-likeness (QED) is 0.661. The lowest BCUT2D eigenvalue weighted by atomic mass is 9.86. The topological polar surface area (TPSA) is 42.4 Å². The molecule has 0 unspecified atom stereocenters. The number of benzene rings is 2. The predicted molar refractivity (Wildman–Crippen MR) is 99.8 cm³/mol. The van der Waals surface area contributed by atoms with Gasteiger partial charge in [0, 0.05) is 37.9 Å². The molecule has 0 N–H and O–H groups in total. The third-order valence-electron chi connectivity index (χ3n) is 5.58. The van der Waals surface area contributed by atoms with E-state index in [1.165, 1.54) is 5.56 Å². The maximum atomic E-state index is 12.5. The molecule has 1 saturated heterocycles. The van der Waals surface area contributed by atoms with Gasteiger partial charge in [-0.05, 0) is 17.7 Å². The van der Waals surface area contributed by atoms with Gasteiger partial charge in [0.2, 0.25) is 0 Å². The van der Waals surface area contributed by atoms with Crippen LogP contribution in [0, 0.1) is 0 Å². The van der Waals surface area contributed by atoms with E-state index >= 15 is 0 Å². The molecule has 0 amide bonds. The summed E-state index contributed by atoms with van der Waals surface area (Å²) in [6, 6.07) is 20.4. The highest BCUT2D eigenvalue weighted by Gasteiger charge is 2.48. The smallest absolute Gasteiger partial charge is 0.341 e. The summed E-state index contributed by atoms with van der Waals surface area (Å²) in [4.78, 5) is 19.7.